The second kappa shape index (κ2) is 4.41. The number of H-pyrrole nitrogens is 1. The van der Waals surface area contributed by atoms with Crippen molar-refractivity contribution in [2.75, 3.05) is 6.61 Å². The molecule has 2 rings (SSSR count). The van der Waals surface area contributed by atoms with Crippen LogP contribution in [0.25, 0.3) is 0 Å². The number of rotatable bonds is 2. The van der Waals surface area contributed by atoms with Crippen molar-refractivity contribution in [1.29, 1.82) is 0 Å². The molecule has 1 fully saturated rings. The molecule has 1 aromatic rings. The van der Waals surface area contributed by atoms with Crippen molar-refractivity contribution >= 4 is 0 Å². The molecule has 1 saturated heterocycles. The summed E-state index contributed by atoms with van der Waals surface area (Å²) in [5, 5.41) is 28.1. The van der Waals surface area contributed by atoms with Gasteiger partial charge in [0.25, 0.3) is 5.56 Å². The minimum absolute atomic E-state index is 0.479. The fraction of sp³-hybridized carbons (Fsp3) is 0.556. The molecule has 4 atom stereocenters. The number of hydrogen-bond acceptors (Lipinski definition) is 6. The Morgan fingerprint density at radius 2 is 2.06 bits per heavy atom. The normalized spacial score (nSPS) is 32.9. The van der Waals surface area contributed by atoms with E-state index in [0.717, 1.165) is 16.8 Å². The fourth-order valence-corrected chi connectivity index (χ4v) is 1.74. The van der Waals surface area contributed by atoms with E-state index in [1.807, 2.05) is 4.98 Å². The first-order valence-electron chi connectivity index (χ1n) is 4.98. The predicted molar refractivity (Wildman–Crippen MR) is 54.3 cm³/mol. The maximum absolute atomic E-state index is 11.4. The number of aromatic amines is 1. The zero-order chi connectivity index (χ0) is 12.6. The first-order chi connectivity index (χ1) is 8.04. The van der Waals surface area contributed by atoms with Crippen molar-refractivity contribution in [3.05, 3.63) is 33.1 Å². The van der Waals surface area contributed by atoms with Crippen LogP contribution in [0.15, 0.2) is 21.9 Å². The van der Waals surface area contributed by atoms with E-state index in [2.05, 4.69) is 0 Å². The standard InChI is InChI=1S/C9H12N2O6/c12-3-4-6(14)7(15)8(17-4)11-2-1-5(13)10-9(11)16/h1-2,4,6-8,12,14-15H,3H2,(H,10,13,16)/i3+1,4+1,6+1,7+1,8+1. The van der Waals surface area contributed by atoms with Gasteiger partial charge in [-0.15, -0.1) is 0 Å². The van der Waals surface area contributed by atoms with Gasteiger partial charge in [-0.1, -0.05) is 0 Å². The molecule has 0 bridgehead atoms. The summed E-state index contributed by atoms with van der Waals surface area (Å²) < 4.78 is 6.08. The highest BCUT2D eigenvalue weighted by Crippen LogP contribution is 2.27. The summed E-state index contributed by atoms with van der Waals surface area (Å²) in [7, 11) is 0. The van der Waals surface area contributed by atoms with Crippen LogP contribution >= 0.6 is 0 Å². The number of nitrogens with zero attached hydrogens (tertiary/aromatic N) is 1. The molecule has 0 aliphatic carbocycles. The summed E-state index contributed by atoms with van der Waals surface area (Å²) in [5.41, 5.74) is -1.33. The van der Waals surface area contributed by atoms with Gasteiger partial charge in [-0.25, -0.2) is 4.79 Å². The molecule has 8 heteroatoms. The molecule has 0 radical (unpaired) electrons. The highest BCUT2D eigenvalue weighted by Gasteiger charge is 2.43. The first-order valence-corrected chi connectivity index (χ1v) is 4.98. The van der Waals surface area contributed by atoms with Crippen molar-refractivity contribution in [3.8, 4) is 0 Å². The van der Waals surface area contributed by atoms with E-state index in [0.29, 0.717) is 0 Å². The van der Waals surface area contributed by atoms with Crippen LogP contribution in [0.1, 0.15) is 6.23 Å². The first kappa shape index (κ1) is 12.0. The molecule has 0 spiro atoms. The van der Waals surface area contributed by atoms with Crippen molar-refractivity contribution < 1.29 is 20.1 Å². The Kier molecular flexibility index (Phi) is 3.11. The van der Waals surface area contributed by atoms with Gasteiger partial charge in [-0.2, -0.15) is 0 Å². The number of aromatic nitrogens is 2. The lowest BCUT2D eigenvalue weighted by Gasteiger charge is -2.16. The fourth-order valence-electron chi connectivity index (χ4n) is 1.74. The van der Waals surface area contributed by atoms with Crippen LogP contribution in [0, 0.1) is 0 Å². The van der Waals surface area contributed by atoms with Gasteiger partial charge >= 0.3 is 5.69 Å². The van der Waals surface area contributed by atoms with E-state index in [9.17, 15) is 19.8 Å². The third-order valence-electron chi connectivity index (χ3n) is 2.64. The summed E-state index contributed by atoms with van der Waals surface area (Å²) in [5.74, 6) is 0. The Bertz CT molecular complexity index is 509. The molecule has 0 amide bonds. The lowest BCUT2D eigenvalue weighted by Crippen LogP contribution is -2.37. The molecule has 94 valence electrons. The van der Waals surface area contributed by atoms with E-state index in [1.165, 1.54) is 0 Å². The van der Waals surface area contributed by atoms with Crippen LogP contribution in [0.3, 0.4) is 0 Å². The Hall–Kier alpha value is -1.48. The average Bonchev–Trinajstić information content (AvgIpc) is 2.57. The van der Waals surface area contributed by atoms with Crippen LogP contribution in [-0.2, 0) is 4.74 Å². The van der Waals surface area contributed by atoms with Gasteiger partial charge in [0.15, 0.2) is 6.23 Å². The minimum Gasteiger partial charge on any atom is -0.394 e. The van der Waals surface area contributed by atoms with E-state index < -0.39 is 42.4 Å². The molecule has 0 aromatic carbocycles. The van der Waals surface area contributed by atoms with Crippen molar-refractivity contribution in [3.63, 3.8) is 0 Å². The van der Waals surface area contributed by atoms with Gasteiger partial charge in [-0.3, -0.25) is 14.3 Å². The minimum atomic E-state index is -1.35. The Morgan fingerprint density at radius 3 is 2.59 bits per heavy atom. The summed E-state index contributed by atoms with van der Waals surface area (Å²) in [6, 6.07) is 1.09. The molecular weight excluding hydrogens is 237 g/mol. The second-order valence-corrected chi connectivity index (χ2v) is 3.75. The van der Waals surface area contributed by atoms with Gasteiger partial charge in [0.2, 0.25) is 0 Å². The molecule has 4 N–H and O–H groups in total. The van der Waals surface area contributed by atoms with Crippen molar-refractivity contribution in [2.24, 2.45) is 0 Å². The Labute approximate surface area is 94.7 Å². The molecule has 2 heterocycles. The van der Waals surface area contributed by atoms with Crippen LogP contribution in [0.2, 0.25) is 0 Å². The third kappa shape index (κ3) is 2.03. The SMILES string of the molecule is O=c1ccn([13CH]2O[13CH]([13CH2]O)[13CH](O)[13CH]2O)c(=O)[nH]1. The molecule has 0 saturated carbocycles. The van der Waals surface area contributed by atoms with Crippen LogP contribution in [0.5, 0.6) is 0 Å². The summed E-state index contributed by atoms with van der Waals surface area (Å²) in [4.78, 5) is 24.3. The van der Waals surface area contributed by atoms with E-state index in [-0.39, 0.29) is 0 Å². The number of nitrogens with one attached hydrogen (secondary N) is 1. The molecule has 4 unspecified atom stereocenters. The van der Waals surface area contributed by atoms with Crippen molar-refractivity contribution in [2.45, 2.75) is 24.5 Å². The second-order valence-electron chi connectivity index (χ2n) is 3.75. The summed E-state index contributed by atoms with van der Waals surface area (Å²) >= 11 is 0. The largest absolute Gasteiger partial charge is 0.394 e. The van der Waals surface area contributed by atoms with Gasteiger partial charge in [-0.05, 0) is 0 Å². The lowest BCUT2D eigenvalue weighted by molar-refractivity contribution is -0.0550. The maximum Gasteiger partial charge on any atom is 0.330 e. The zero-order valence-electron chi connectivity index (χ0n) is 8.68. The average molecular weight is 249 g/mol. The monoisotopic (exact) mass is 249 g/mol. The number of aliphatic hydroxyl groups excluding tert-OH is 3. The quantitative estimate of drug-likeness (QED) is 0.418. The number of aliphatic hydroxyl groups is 3. The topological polar surface area (TPSA) is 125 Å². The molecule has 1 aromatic heterocycles. The molecular formula is C9H12N2O6. The van der Waals surface area contributed by atoms with Crippen LogP contribution in [0.4, 0.5) is 0 Å². The smallest absolute Gasteiger partial charge is 0.330 e. The number of ether oxygens (including phenoxy) is 1. The molecule has 17 heavy (non-hydrogen) atoms. The third-order valence-corrected chi connectivity index (χ3v) is 2.64. The Balaban J connectivity index is 2.35. The van der Waals surface area contributed by atoms with Crippen LogP contribution < -0.4 is 11.2 Å². The molecule has 1 aliphatic heterocycles. The zero-order valence-corrected chi connectivity index (χ0v) is 8.68. The number of hydrogen-bond donors (Lipinski definition) is 4. The van der Waals surface area contributed by atoms with E-state index in [4.69, 9.17) is 9.84 Å². The summed E-state index contributed by atoms with van der Waals surface area (Å²) in [6.45, 7) is -0.479. The van der Waals surface area contributed by atoms with E-state index in [1.54, 1.807) is 0 Å². The predicted octanol–water partition coefficient (Wildman–Crippen LogP) is -2.85. The van der Waals surface area contributed by atoms with Gasteiger partial charge in [0.1, 0.15) is 18.3 Å². The van der Waals surface area contributed by atoms with Gasteiger partial charge in [0.05, 0.1) is 6.61 Å². The summed E-state index contributed by atoms with van der Waals surface area (Å²) in [6.07, 6.45) is -3.58. The highest BCUT2D eigenvalue weighted by atomic mass is 16.8. The maximum atomic E-state index is 11.4. The van der Waals surface area contributed by atoms with Crippen LogP contribution in [-0.4, -0.2) is 49.8 Å². The van der Waals surface area contributed by atoms with Crippen molar-refractivity contribution in [1.82, 2.24) is 9.55 Å². The lowest BCUT2D eigenvalue weighted by atomic mass is 10.6. The Morgan fingerprint density at radius 1 is 1.35 bits per heavy atom. The van der Waals surface area contributed by atoms with E-state index >= 15 is 0 Å². The van der Waals surface area contributed by atoms with Gasteiger partial charge in [0, 0.05) is 12.3 Å². The van der Waals surface area contributed by atoms with Gasteiger partial charge < -0.3 is 20.1 Å². The molecule has 8 nitrogen and oxygen atoms in total. The highest BCUT2D eigenvalue weighted by molar-refractivity contribution is 4.92. The molecule has 1 aliphatic rings.